The largest absolute Gasteiger partial charge is 0.301 e. The summed E-state index contributed by atoms with van der Waals surface area (Å²) in [6.45, 7) is 3.01. The van der Waals surface area contributed by atoms with Crippen molar-refractivity contribution in [2.24, 2.45) is 11.8 Å². The van der Waals surface area contributed by atoms with Crippen LogP contribution in [0.25, 0.3) is 0 Å². The summed E-state index contributed by atoms with van der Waals surface area (Å²) in [5.74, 6) is -0.0878. The number of hydrogen-bond acceptors (Lipinski definition) is 6. The zero-order valence-electron chi connectivity index (χ0n) is 22.4. The molecule has 1 aromatic carbocycles. The number of sulfonamides is 1. The molecule has 0 spiro atoms. The first-order valence-corrected chi connectivity index (χ1v) is 15.2. The molecule has 0 bridgehead atoms. The molecule has 3 aliphatic rings. The highest BCUT2D eigenvalue weighted by atomic mass is 32.2. The van der Waals surface area contributed by atoms with Crippen LogP contribution in [0.2, 0.25) is 0 Å². The molecular formula is C31H32FN5O2S. The molecule has 0 amide bonds. The topological polar surface area (TPSA) is 78.4 Å². The first kappa shape index (κ1) is 26.4. The molecule has 3 aromatic rings. The third-order valence-electron chi connectivity index (χ3n) is 8.02. The number of aromatic nitrogens is 2. The number of allylic oxidation sites excluding steroid dienone is 3. The molecule has 6 rings (SSSR count). The fourth-order valence-corrected chi connectivity index (χ4v) is 7.62. The van der Waals surface area contributed by atoms with Gasteiger partial charge in [0.05, 0.1) is 17.1 Å². The molecule has 0 saturated heterocycles. The lowest BCUT2D eigenvalue weighted by Crippen LogP contribution is -2.38. The Balaban J connectivity index is 1.26. The van der Waals surface area contributed by atoms with Crippen molar-refractivity contribution >= 4 is 15.7 Å². The van der Waals surface area contributed by atoms with Gasteiger partial charge in [-0.25, -0.2) is 17.1 Å². The van der Waals surface area contributed by atoms with Crippen LogP contribution in [-0.4, -0.2) is 35.8 Å². The first-order valence-electron chi connectivity index (χ1n) is 13.6. The average Bonchev–Trinajstić information content (AvgIpc) is 3.57. The Bertz CT molecular complexity index is 1570. The van der Waals surface area contributed by atoms with Crippen LogP contribution in [0.1, 0.15) is 31.0 Å². The van der Waals surface area contributed by atoms with E-state index in [1.165, 1.54) is 23.3 Å². The van der Waals surface area contributed by atoms with Gasteiger partial charge in [-0.15, -0.1) is 0 Å². The fraction of sp³-hybridized carbons (Fsp3) is 0.290. The molecule has 7 nitrogen and oxygen atoms in total. The number of hydrazine groups is 1. The summed E-state index contributed by atoms with van der Waals surface area (Å²) < 4.78 is 42.7. The average molecular weight is 558 g/mol. The number of benzene rings is 1. The van der Waals surface area contributed by atoms with E-state index in [0.717, 1.165) is 35.5 Å². The van der Waals surface area contributed by atoms with Crippen molar-refractivity contribution in [1.29, 1.82) is 0 Å². The Labute approximate surface area is 234 Å². The third kappa shape index (κ3) is 5.31. The van der Waals surface area contributed by atoms with Gasteiger partial charge >= 0.3 is 0 Å². The molecule has 2 aromatic heterocycles. The van der Waals surface area contributed by atoms with Gasteiger partial charge in [0.15, 0.2) is 0 Å². The van der Waals surface area contributed by atoms with Gasteiger partial charge in [0.1, 0.15) is 5.82 Å². The molecule has 40 heavy (non-hydrogen) atoms. The minimum absolute atomic E-state index is 0.0804. The second kappa shape index (κ2) is 11.0. The quantitative estimate of drug-likeness (QED) is 0.393. The molecule has 3 heterocycles. The summed E-state index contributed by atoms with van der Waals surface area (Å²) in [6, 6.07) is 15.7. The highest BCUT2D eigenvalue weighted by Crippen LogP contribution is 2.48. The Morgan fingerprint density at radius 1 is 1.10 bits per heavy atom. The lowest BCUT2D eigenvalue weighted by Gasteiger charge is -2.32. The van der Waals surface area contributed by atoms with Crippen LogP contribution in [0.4, 0.5) is 10.1 Å². The maximum absolute atomic E-state index is 13.8. The summed E-state index contributed by atoms with van der Waals surface area (Å²) in [5.41, 5.74) is 10.6. The van der Waals surface area contributed by atoms with Crippen LogP contribution in [0.15, 0.2) is 108 Å². The third-order valence-corrected chi connectivity index (χ3v) is 9.84. The van der Waals surface area contributed by atoms with E-state index >= 15 is 0 Å². The predicted octanol–water partition coefficient (Wildman–Crippen LogP) is 5.14. The van der Waals surface area contributed by atoms with Gasteiger partial charge in [0, 0.05) is 61.5 Å². The van der Waals surface area contributed by atoms with E-state index < -0.39 is 10.0 Å². The SMILES string of the molecule is C[C@H]1C2=CNN(c3ccc(F)cc3)C2=CC2=C1[C@H](CN(CCc1ccccn1)S(=O)(=O)Cc1cccnc1)CC2. The van der Waals surface area contributed by atoms with Crippen molar-refractivity contribution < 1.29 is 12.8 Å². The van der Waals surface area contributed by atoms with Gasteiger partial charge in [-0.3, -0.25) is 15.0 Å². The number of nitrogens with one attached hydrogen (secondary N) is 1. The normalized spacial score (nSPS) is 20.2. The van der Waals surface area contributed by atoms with E-state index in [4.69, 9.17) is 0 Å². The predicted molar refractivity (Wildman–Crippen MR) is 153 cm³/mol. The van der Waals surface area contributed by atoms with Gasteiger partial charge in [-0.05, 0) is 78.4 Å². The van der Waals surface area contributed by atoms with Gasteiger partial charge in [-0.1, -0.05) is 24.6 Å². The highest BCUT2D eigenvalue weighted by Gasteiger charge is 2.39. The number of pyridine rings is 2. The van der Waals surface area contributed by atoms with E-state index in [9.17, 15) is 12.8 Å². The molecule has 206 valence electrons. The zero-order chi connectivity index (χ0) is 27.7. The fourth-order valence-electron chi connectivity index (χ4n) is 6.07. The van der Waals surface area contributed by atoms with Gasteiger partial charge < -0.3 is 5.43 Å². The minimum Gasteiger partial charge on any atom is -0.301 e. The summed E-state index contributed by atoms with van der Waals surface area (Å²) >= 11 is 0. The Morgan fingerprint density at radius 2 is 1.95 bits per heavy atom. The van der Waals surface area contributed by atoms with Crippen molar-refractivity contribution in [3.05, 3.63) is 125 Å². The second-order valence-electron chi connectivity index (χ2n) is 10.6. The maximum atomic E-state index is 13.8. The number of hydrogen-bond donors (Lipinski definition) is 1. The summed E-state index contributed by atoms with van der Waals surface area (Å²) in [6.07, 6.45) is 11.6. The van der Waals surface area contributed by atoms with E-state index in [-0.39, 0.29) is 23.4 Å². The molecule has 0 saturated carbocycles. The number of nitrogens with zero attached hydrogens (tertiary/aromatic N) is 4. The monoisotopic (exact) mass is 557 g/mol. The number of fused-ring (bicyclic) bond motifs is 1. The van der Waals surface area contributed by atoms with Crippen LogP contribution >= 0.6 is 0 Å². The Kier molecular flexibility index (Phi) is 7.25. The zero-order valence-corrected chi connectivity index (χ0v) is 23.2. The van der Waals surface area contributed by atoms with Crippen LogP contribution in [-0.2, 0) is 22.2 Å². The van der Waals surface area contributed by atoms with Crippen LogP contribution in [0.3, 0.4) is 0 Å². The smallest absolute Gasteiger partial charge is 0.218 e. The van der Waals surface area contributed by atoms with Crippen molar-refractivity contribution in [3.8, 4) is 0 Å². The van der Waals surface area contributed by atoms with E-state index in [1.807, 2.05) is 29.4 Å². The molecule has 2 atom stereocenters. The molecule has 9 heteroatoms. The highest BCUT2D eigenvalue weighted by molar-refractivity contribution is 7.88. The van der Waals surface area contributed by atoms with Crippen LogP contribution in [0, 0.1) is 17.7 Å². The van der Waals surface area contributed by atoms with Crippen molar-refractivity contribution in [3.63, 3.8) is 0 Å². The molecule has 0 radical (unpaired) electrons. The lowest BCUT2D eigenvalue weighted by molar-refractivity contribution is 0.356. The summed E-state index contributed by atoms with van der Waals surface area (Å²) in [7, 11) is -3.59. The molecule has 1 aliphatic heterocycles. The number of anilines is 1. The minimum atomic E-state index is -3.59. The van der Waals surface area contributed by atoms with Crippen molar-refractivity contribution in [2.45, 2.75) is 31.9 Å². The summed E-state index contributed by atoms with van der Waals surface area (Å²) in [5, 5.41) is 1.99. The molecule has 0 fully saturated rings. The Hall–Kier alpha value is -3.82. The van der Waals surface area contributed by atoms with Crippen molar-refractivity contribution in [1.82, 2.24) is 19.7 Å². The van der Waals surface area contributed by atoms with Gasteiger partial charge in [0.25, 0.3) is 0 Å². The van der Waals surface area contributed by atoms with E-state index in [2.05, 4.69) is 28.4 Å². The standard InChI is InChI=1S/C31H32FN5O2S/c1-22-29-19-35-37(28-11-9-26(32)10-12-28)30(29)17-24-7-8-25(31(22)24)20-36(16-13-27-6-2-3-15-34-27)40(38,39)21-23-5-4-14-33-18-23/h2-6,9-12,14-15,17-19,22,25,35H,7-8,13,16,20-21H2,1H3/t22-,25-/m0/s1. The summed E-state index contributed by atoms with van der Waals surface area (Å²) in [4.78, 5) is 8.52. The number of halogens is 1. The molecular weight excluding hydrogens is 525 g/mol. The van der Waals surface area contributed by atoms with Crippen LogP contribution < -0.4 is 10.4 Å². The van der Waals surface area contributed by atoms with Gasteiger partial charge in [0.2, 0.25) is 10.0 Å². The molecule has 2 aliphatic carbocycles. The van der Waals surface area contributed by atoms with Crippen LogP contribution in [0.5, 0.6) is 0 Å². The van der Waals surface area contributed by atoms with Gasteiger partial charge in [-0.2, -0.15) is 0 Å². The maximum Gasteiger partial charge on any atom is 0.218 e. The number of rotatable bonds is 9. The molecule has 0 unspecified atom stereocenters. The first-order chi connectivity index (χ1) is 19.4. The molecule has 1 N–H and O–H groups in total. The lowest BCUT2D eigenvalue weighted by atomic mass is 9.80. The second-order valence-corrected chi connectivity index (χ2v) is 12.5. The van der Waals surface area contributed by atoms with Crippen molar-refractivity contribution in [2.75, 3.05) is 18.1 Å². The van der Waals surface area contributed by atoms with E-state index in [1.54, 1.807) is 47.2 Å². The Morgan fingerprint density at radius 3 is 2.70 bits per heavy atom. The van der Waals surface area contributed by atoms with E-state index in [0.29, 0.717) is 25.1 Å².